The molecule has 0 radical (unpaired) electrons. The second-order valence-corrected chi connectivity index (χ2v) is 21.1. The molecule has 12 nitrogen and oxygen atoms in total. The van der Waals surface area contributed by atoms with Gasteiger partial charge in [0.05, 0.1) is 29.6 Å². The monoisotopic (exact) mass is 676 g/mol. The Morgan fingerprint density at radius 3 is 2.29 bits per heavy atom. The summed E-state index contributed by atoms with van der Waals surface area (Å²) in [7, 11) is 0.879. The number of anilines is 2. The third kappa shape index (κ3) is 8.24. The van der Waals surface area contributed by atoms with Crippen molar-refractivity contribution in [1.29, 1.82) is 0 Å². The second kappa shape index (κ2) is 14.3. The van der Waals surface area contributed by atoms with Gasteiger partial charge in [-0.05, 0) is 37.7 Å². The Morgan fingerprint density at radius 2 is 1.65 bits per heavy atom. The van der Waals surface area contributed by atoms with E-state index < -0.39 is 31.3 Å². The zero-order chi connectivity index (χ0) is 34.8. The number of hydrogen-bond donors (Lipinski definition) is 1. The van der Waals surface area contributed by atoms with Crippen LogP contribution in [-0.2, 0) is 25.9 Å². The summed E-state index contributed by atoms with van der Waals surface area (Å²) in [5.41, 5.74) is 2.45. The van der Waals surface area contributed by atoms with Gasteiger partial charge in [0.2, 0.25) is 5.91 Å². The number of hydrogen-bond acceptors (Lipinski definition) is 8. The first-order valence-electron chi connectivity index (χ1n) is 17.0. The van der Waals surface area contributed by atoms with Crippen molar-refractivity contribution in [2.45, 2.75) is 72.2 Å². The van der Waals surface area contributed by atoms with Crippen molar-refractivity contribution in [3.05, 3.63) is 48.4 Å². The van der Waals surface area contributed by atoms with E-state index in [1.807, 2.05) is 44.7 Å². The van der Waals surface area contributed by atoms with E-state index in [9.17, 15) is 14.4 Å². The van der Waals surface area contributed by atoms with Crippen LogP contribution in [0.5, 0.6) is 0 Å². The van der Waals surface area contributed by atoms with E-state index in [0.717, 1.165) is 48.9 Å². The Bertz CT molecular complexity index is 1610. The summed E-state index contributed by atoms with van der Waals surface area (Å²) in [4.78, 5) is 53.7. The SMILES string of the molecule is C[C@@H]1CN(C(=O)C(=O)Nc2cncc3cnn(COCC[Si](C)(C)C)c23)[C@@H](c2ccc(N3CCN(C)CC3)cc2)CN1C(=O)C(C)(C)C. The maximum atomic E-state index is 14.0. The topological polar surface area (TPSA) is 116 Å². The number of nitrogens with one attached hydrogen (secondary N) is 1. The second-order valence-electron chi connectivity index (χ2n) is 15.5. The zero-order valence-electron chi connectivity index (χ0n) is 29.8. The van der Waals surface area contributed by atoms with Crippen LogP contribution in [0.25, 0.3) is 10.9 Å². The van der Waals surface area contributed by atoms with Crippen LogP contribution < -0.4 is 10.2 Å². The molecule has 2 aliphatic heterocycles. The van der Waals surface area contributed by atoms with Crippen molar-refractivity contribution in [2.24, 2.45) is 5.41 Å². The van der Waals surface area contributed by atoms with E-state index in [0.29, 0.717) is 24.4 Å². The van der Waals surface area contributed by atoms with Crippen LogP contribution in [-0.4, -0.2) is 114 Å². The van der Waals surface area contributed by atoms with Gasteiger partial charge in [-0.2, -0.15) is 5.10 Å². The van der Waals surface area contributed by atoms with E-state index in [1.54, 1.807) is 22.0 Å². The lowest BCUT2D eigenvalue weighted by Gasteiger charge is -2.47. The zero-order valence-corrected chi connectivity index (χ0v) is 30.8. The Kier molecular flexibility index (Phi) is 10.6. The van der Waals surface area contributed by atoms with Crippen LogP contribution in [0.1, 0.15) is 39.3 Å². The average molecular weight is 677 g/mol. The largest absolute Gasteiger partial charge is 0.369 e. The molecular weight excluding hydrogens is 625 g/mol. The predicted molar refractivity (Wildman–Crippen MR) is 191 cm³/mol. The van der Waals surface area contributed by atoms with Gasteiger partial charge in [-0.3, -0.25) is 19.4 Å². The van der Waals surface area contributed by atoms with Crippen LogP contribution >= 0.6 is 0 Å². The molecule has 3 aromatic rings. The molecule has 3 amide bonds. The number of aromatic nitrogens is 3. The molecule has 48 heavy (non-hydrogen) atoms. The highest BCUT2D eigenvalue weighted by molar-refractivity contribution is 6.76. The lowest BCUT2D eigenvalue weighted by molar-refractivity contribution is -0.154. The smallest absolute Gasteiger partial charge is 0.314 e. The number of carbonyl (C=O) groups is 3. The first-order valence-corrected chi connectivity index (χ1v) is 20.7. The highest BCUT2D eigenvalue weighted by atomic mass is 28.3. The molecule has 2 atom stereocenters. The molecule has 5 rings (SSSR count). The summed E-state index contributed by atoms with van der Waals surface area (Å²) in [6.07, 6.45) is 4.88. The standard InChI is InChI=1S/C35H52N8O4Si/c1-25-22-42(33(45)32(44)38-29-21-36-19-27-20-37-43(31(27)29)24-47-17-18-48(6,7)8)30(23-41(25)34(46)35(2,3)4)26-9-11-28(12-10-26)40-15-13-39(5)14-16-40/h9-12,19-21,25,30H,13-18,22-24H2,1-8H3,(H,38,44)/t25-,30-/m1/s1. The Morgan fingerprint density at radius 1 is 0.958 bits per heavy atom. The van der Waals surface area contributed by atoms with Crippen LogP contribution in [0.4, 0.5) is 11.4 Å². The molecule has 260 valence electrons. The maximum Gasteiger partial charge on any atom is 0.314 e. The number of carbonyl (C=O) groups excluding carboxylic acids is 3. The lowest BCUT2D eigenvalue weighted by Crippen LogP contribution is -2.60. The van der Waals surface area contributed by atoms with Crippen LogP contribution in [0.3, 0.4) is 0 Å². The number of likely N-dealkylation sites (N-methyl/N-ethyl adjacent to an activating group) is 1. The van der Waals surface area contributed by atoms with Gasteiger partial charge >= 0.3 is 11.8 Å². The highest BCUT2D eigenvalue weighted by Crippen LogP contribution is 2.33. The molecule has 2 saturated heterocycles. The van der Waals surface area contributed by atoms with Crippen molar-refractivity contribution in [2.75, 3.05) is 63.1 Å². The summed E-state index contributed by atoms with van der Waals surface area (Å²) < 4.78 is 7.62. The van der Waals surface area contributed by atoms with Gasteiger partial charge in [0.1, 0.15) is 6.73 Å². The molecule has 2 aromatic heterocycles. The van der Waals surface area contributed by atoms with E-state index in [4.69, 9.17) is 4.74 Å². The van der Waals surface area contributed by atoms with Crippen LogP contribution in [0.2, 0.25) is 25.7 Å². The summed E-state index contributed by atoms with van der Waals surface area (Å²) >= 11 is 0. The number of nitrogens with zero attached hydrogens (tertiary/aromatic N) is 7. The van der Waals surface area contributed by atoms with Gasteiger partial charge in [-0.15, -0.1) is 0 Å². The fourth-order valence-electron chi connectivity index (χ4n) is 6.24. The minimum atomic E-state index is -1.25. The molecular formula is C35H52N8O4Si. The first kappa shape index (κ1) is 35.5. The van der Waals surface area contributed by atoms with Gasteiger partial charge in [0.15, 0.2) is 0 Å². The van der Waals surface area contributed by atoms with Crippen molar-refractivity contribution < 1.29 is 19.1 Å². The number of piperazine rings is 2. The maximum absolute atomic E-state index is 14.0. The van der Waals surface area contributed by atoms with E-state index in [-0.39, 0.29) is 25.2 Å². The van der Waals surface area contributed by atoms with Crippen molar-refractivity contribution in [3.63, 3.8) is 0 Å². The van der Waals surface area contributed by atoms with Gasteiger partial charge < -0.3 is 29.7 Å². The average Bonchev–Trinajstić information content (AvgIpc) is 3.46. The van der Waals surface area contributed by atoms with Crippen molar-refractivity contribution in [3.8, 4) is 0 Å². The molecule has 0 bridgehead atoms. The minimum absolute atomic E-state index is 0.0173. The van der Waals surface area contributed by atoms with Gasteiger partial charge in [-0.1, -0.05) is 52.5 Å². The third-order valence-electron chi connectivity index (χ3n) is 9.24. The number of benzene rings is 1. The molecule has 1 N–H and O–H groups in total. The molecule has 4 heterocycles. The molecule has 0 aliphatic carbocycles. The van der Waals surface area contributed by atoms with E-state index >= 15 is 0 Å². The van der Waals surface area contributed by atoms with Gasteiger partial charge in [0.25, 0.3) is 0 Å². The van der Waals surface area contributed by atoms with Crippen LogP contribution in [0.15, 0.2) is 42.9 Å². The number of ether oxygens (including phenoxy) is 1. The number of rotatable bonds is 8. The molecule has 2 fully saturated rings. The lowest BCUT2D eigenvalue weighted by atomic mass is 9.91. The first-order chi connectivity index (χ1) is 22.6. The van der Waals surface area contributed by atoms with Crippen molar-refractivity contribution in [1.82, 2.24) is 29.5 Å². The number of pyridine rings is 1. The van der Waals surface area contributed by atoms with Crippen molar-refractivity contribution >= 4 is 48.1 Å². The molecule has 0 unspecified atom stereocenters. The highest BCUT2D eigenvalue weighted by Gasteiger charge is 2.42. The predicted octanol–water partition coefficient (Wildman–Crippen LogP) is 4.28. The number of amides is 3. The normalized spacial score (nSPS) is 19.5. The molecule has 0 spiro atoms. The summed E-state index contributed by atoms with van der Waals surface area (Å²) in [5.74, 6) is -1.41. The van der Waals surface area contributed by atoms with Gasteiger partial charge in [-0.25, -0.2) is 4.68 Å². The quantitative estimate of drug-likeness (QED) is 0.214. The summed E-state index contributed by atoms with van der Waals surface area (Å²) in [6.45, 7) is 19.8. The molecule has 13 heteroatoms. The third-order valence-corrected chi connectivity index (χ3v) is 10.9. The summed E-state index contributed by atoms with van der Waals surface area (Å²) in [5, 5.41) is 8.02. The van der Waals surface area contributed by atoms with E-state index in [1.165, 1.54) is 6.20 Å². The van der Waals surface area contributed by atoms with Crippen LogP contribution in [0, 0.1) is 5.41 Å². The van der Waals surface area contributed by atoms with E-state index in [2.05, 4.69) is 64.0 Å². The Hall–Kier alpha value is -3.81. The molecule has 1 aromatic carbocycles. The molecule has 0 saturated carbocycles. The van der Waals surface area contributed by atoms with Gasteiger partial charge in [0, 0.05) is 82.7 Å². The summed E-state index contributed by atoms with van der Waals surface area (Å²) in [6, 6.07) is 8.47. The molecule has 2 aliphatic rings. The number of fused-ring (bicyclic) bond motifs is 1. The fourth-order valence-corrected chi connectivity index (χ4v) is 6.99. The Labute approximate surface area is 285 Å². The Balaban J connectivity index is 1.37. The fraction of sp³-hybridized carbons (Fsp3) is 0.571. The minimum Gasteiger partial charge on any atom is -0.369 e.